The Morgan fingerprint density at radius 2 is 1.79 bits per heavy atom. The summed E-state index contributed by atoms with van der Waals surface area (Å²) in [5.41, 5.74) is 9.73. The topological polar surface area (TPSA) is 92.9 Å². The van der Waals surface area contributed by atoms with Crippen LogP contribution < -0.4 is 5.73 Å². The average Bonchev–Trinajstić information content (AvgIpc) is 3.04. The smallest absolute Gasteiger partial charge is 0.162 e. The molecule has 0 radical (unpaired) electrons. The van der Waals surface area contributed by atoms with Crippen molar-refractivity contribution >= 4 is 11.3 Å². The molecule has 2 N–H and O–H groups in total. The normalized spacial score (nSPS) is 10.6. The molecule has 0 amide bonds. The fourth-order valence-corrected chi connectivity index (χ4v) is 2.67. The molecule has 2 heterocycles. The molecule has 24 heavy (non-hydrogen) atoms. The second kappa shape index (κ2) is 5.48. The Kier molecular flexibility index (Phi) is 3.18. The number of nitrogen functional groups attached to an aromatic ring is 1. The zero-order valence-electron chi connectivity index (χ0n) is 12.6. The molecule has 0 atom stereocenters. The van der Waals surface area contributed by atoms with Crippen molar-refractivity contribution in [3.63, 3.8) is 0 Å². The van der Waals surface area contributed by atoms with Crippen molar-refractivity contribution in [2.24, 2.45) is 0 Å². The summed E-state index contributed by atoms with van der Waals surface area (Å²) < 4.78 is 1.67. The van der Waals surface area contributed by atoms with E-state index in [0.717, 1.165) is 11.1 Å². The maximum atomic E-state index is 9.13. The molecule has 2 aromatic heterocycles. The summed E-state index contributed by atoms with van der Waals surface area (Å²) in [6.07, 6.45) is 1.40. The summed E-state index contributed by atoms with van der Waals surface area (Å²) in [4.78, 5) is 8.82. The van der Waals surface area contributed by atoms with Gasteiger partial charge in [0.2, 0.25) is 0 Å². The molecule has 0 saturated heterocycles. The standard InChI is InChI=1S/C18H12N6/c19-10-12-5-4-8-14(9-12)18-23-15(13-6-2-1-3-7-13)16-17(20)21-11-22-24(16)18/h1-9,11H,(H2,20,21,22). The van der Waals surface area contributed by atoms with Gasteiger partial charge in [-0.05, 0) is 12.1 Å². The van der Waals surface area contributed by atoms with Crippen molar-refractivity contribution in [1.82, 2.24) is 19.6 Å². The van der Waals surface area contributed by atoms with E-state index in [1.54, 1.807) is 16.6 Å². The first-order chi connectivity index (χ1) is 11.8. The van der Waals surface area contributed by atoms with Gasteiger partial charge in [0.05, 0.1) is 11.6 Å². The van der Waals surface area contributed by atoms with E-state index in [1.807, 2.05) is 42.5 Å². The number of imidazole rings is 1. The number of hydrogen-bond acceptors (Lipinski definition) is 5. The van der Waals surface area contributed by atoms with Crippen LogP contribution in [0.5, 0.6) is 0 Å². The van der Waals surface area contributed by atoms with Gasteiger partial charge in [0.15, 0.2) is 11.6 Å². The lowest BCUT2D eigenvalue weighted by Gasteiger charge is -2.01. The van der Waals surface area contributed by atoms with Gasteiger partial charge in [-0.15, -0.1) is 0 Å². The Bertz CT molecular complexity index is 1080. The minimum Gasteiger partial charge on any atom is -0.382 e. The molecule has 0 aliphatic carbocycles. The number of nitriles is 1. The average molecular weight is 312 g/mol. The van der Waals surface area contributed by atoms with Crippen LogP contribution in [0.4, 0.5) is 5.82 Å². The SMILES string of the molecule is N#Cc1cccc(-c2nc(-c3ccccc3)c3c(N)ncnn23)c1. The minimum absolute atomic E-state index is 0.360. The van der Waals surface area contributed by atoms with Crippen LogP contribution in [0.2, 0.25) is 0 Å². The number of nitrogens with two attached hydrogens (primary N) is 1. The molecule has 0 spiro atoms. The van der Waals surface area contributed by atoms with Gasteiger partial charge in [-0.25, -0.2) is 14.5 Å². The lowest BCUT2D eigenvalue weighted by atomic mass is 10.1. The maximum absolute atomic E-state index is 9.13. The third kappa shape index (κ3) is 2.16. The molecule has 0 fully saturated rings. The van der Waals surface area contributed by atoms with Crippen LogP contribution in [0.3, 0.4) is 0 Å². The molecule has 0 aliphatic rings. The van der Waals surface area contributed by atoms with Gasteiger partial charge < -0.3 is 5.73 Å². The van der Waals surface area contributed by atoms with E-state index in [2.05, 4.69) is 16.2 Å². The van der Waals surface area contributed by atoms with E-state index in [-0.39, 0.29) is 0 Å². The molecule has 4 aromatic rings. The van der Waals surface area contributed by atoms with Gasteiger partial charge in [-0.1, -0.05) is 42.5 Å². The number of benzene rings is 2. The van der Waals surface area contributed by atoms with Crippen molar-refractivity contribution in [3.8, 4) is 28.7 Å². The molecule has 6 nitrogen and oxygen atoms in total. The highest BCUT2D eigenvalue weighted by Crippen LogP contribution is 2.31. The van der Waals surface area contributed by atoms with E-state index in [9.17, 15) is 0 Å². The third-order valence-electron chi connectivity index (χ3n) is 3.76. The van der Waals surface area contributed by atoms with Gasteiger partial charge in [-0.3, -0.25) is 0 Å². The van der Waals surface area contributed by atoms with Crippen molar-refractivity contribution in [2.45, 2.75) is 0 Å². The van der Waals surface area contributed by atoms with Crippen molar-refractivity contribution in [1.29, 1.82) is 5.26 Å². The van der Waals surface area contributed by atoms with Gasteiger partial charge >= 0.3 is 0 Å². The van der Waals surface area contributed by atoms with E-state index < -0.39 is 0 Å². The molecule has 6 heteroatoms. The highest BCUT2D eigenvalue weighted by Gasteiger charge is 2.18. The van der Waals surface area contributed by atoms with E-state index in [4.69, 9.17) is 16.0 Å². The van der Waals surface area contributed by atoms with Gasteiger partial charge in [0, 0.05) is 11.1 Å². The van der Waals surface area contributed by atoms with Crippen LogP contribution in [0.1, 0.15) is 5.56 Å². The Balaban J connectivity index is 2.04. The number of rotatable bonds is 2. The Labute approximate surface area is 137 Å². The number of hydrogen-bond donors (Lipinski definition) is 1. The number of aromatic nitrogens is 4. The van der Waals surface area contributed by atoms with Crippen LogP contribution in [0.25, 0.3) is 28.2 Å². The Morgan fingerprint density at radius 1 is 1.00 bits per heavy atom. The number of nitrogens with zero attached hydrogens (tertiary/aromatic N) is 5. The largest absolute Gasteiger partial charge is 0.382 e. The molecule has 0 bridgehead atoms. The van der Waals surface area contributed by atoms with Crippen molar-refractivity contribution in [3.05, 3.63) is 66.5 Å². The highest BCUT2D eigenvalue weighted by atomic mass is 15.3. The van der Waals surface area contributed by atoms with Crippen LogP contribution in [0, 0.1) is 11.3 Å². The highest BCUT2D eigenvalue weighted by molar-refractivity contribution is 5.87. The third-order valence-corrected chi connectivity index (χ3v) is 3.76. The van der Waals surface area contributed by atoms with Crippen molar-refractivity contribution < 1.29 is 0 Å². The fourth-order valence-electron chi connectivity index (χ4n) is 2.67. The summed E-state index contributed by atoms with van der Waals surface area (Å²) >= 11 is 0. The minimum atomic E-state index is 0.360. The molecule has 0 aliphatic heterocycles. The van der Waals surface area contributed by atoms with Crippen LogP contribution in [-0.4, -0.2) is 19.6 Å². The van der Waals surface area contributed by atoms with E-state index in [0.29, 0.717) is 28.4 Å². The quantitative estimate of drug-likeness (QED) is 0.614. The van der Waals surface area contributed by atoms with E-state index in [1.165, 1.54) is 6.33 Å². The number of anilines is 1. The van der Waals surface area contributed by atoms with Crippen LogP contribution in [-0.2, 0) is 0 Å². The summed E-state index contributed by atoms with van der Waals surface area (Å²) in [6, 6.07) is 19.1. The zero-order chi connectivity index (χ0) is 16.5. The van der Waals surface area contributed by atoms with Gasteiger partial charge in [0.25, 0.3) is 0 Å². The van der Waals surface area contributed by atoms with Gasteiger partial charge in [-0.2, -0.15) is 10.4 Å². The first-order valence-electron chi connectivity index (χ1n) is 7.33. The zero-order valence-corrected chi connectivity index (χ0v) is 12.6. The summed E-state index contributed by atoms with van der Waals surface area (Å²) in [5, 5.41) is 13.4. The predicted molar refractivity (Wildman–Crippen MR) is 90.8 cm³/mol. The fraction of sp³-hybridized carbons (Fsp3) is 0. The first-order valence-corrected chi connectivity index (χ1v) is 7.33. The Morgan fingerprint density at radius 3 is 2.58 bits per heavy atom. The molecule has 4 rings (SSSR count). The number of fused-ring (bicyclic) bond motifs is 1. The van der Waals surface area contributed by atoms with Crippen molar-refractivity contribution in [2.75, 3.05) is 5.73 Å². The maximum Gasteiger partial charge on any atom is 0.162 e. The van der Waals surface area contributed by atoms with Crippen LogP contribution in [0.15, 0.2) is 60.9 Å². The molecular weight excluding hydrogens is 300 g/mol. The molecule has 0 saturated carbocycles. The summed E-state index contributed by atoms with van der Waals surface area (Å²) in [6.45, 7) is 0. The summed E-state index contributed by atoms with van der Waals surface area (Å²) in [5.74, 6) is 0.981. The molecule has 0 unspecified atom stereocenters. The second-order valence-electron chi connectivity index (χ2n) is 5.25. The lowest BCUT2D eigenvalue weighted by molar-refractivity contribution is 0.904. The van der Waals surface area contributed by atoms with E-state index >= 15 is 0 Å². The summed E-state index contributed by atoms with van der Waals surface area (Å²) in [7, 11) is 0. The second-order valence-corrected chi connectivity index (χ2v) is 5.25. The molecular formula is C18H12N6. The monoisotopic (exact) mass is 312 g/mol. The lowest BCUT2D eigenvalue weighted by Crippen LogP contribution is -2.00. The predicted octanol–water partition coefficient (Wildman–Crippen LogP) is 2.91. The van der Waals surface area contributed by atoms with Crippen LogP contribution >= 0.6 is 0 Å². The molecule has 2 aromatic carbocycles. The molecule has 114 valence electrons. The first kappa shape index (κ1) is 13.9. The van der Waals surface area contributed by atoms with Gasteiger partial charge in [0.1, 0.15) is 17.5 Å². The Hall–Kier alpha value is -3.72.